The summed E-state index contributed by atoms with van der Waals surface area (Å²) >= 11 is 8.00. The Balaban J connectivity index is 1.72. The molecule has 0 radical (unpaired) electrons. The number of fused-ring (bicyclic) bond motifs is 4. The van der Waals surface area contributed by atoms with Gasteiger partial charge in [0.2, 0.25) is 6.79 Å². The number of amides is 1. The second-order valence-corrected chi connectivity index (χ2v) is 9.52. The number of nitrogens with one attached hydrogen (secondary N) is 1. The van der Waals surface area contributed by atoms with Crippen LogP contribution in [0.4, 0.5) is 0 Å². The van der Waals surface area contributed by atoms with Crippen molar-refractivity contribution in [2.24, 2.45) is 0 Å². The summed E-state index contributed by atoms with van der Waals surface area (Å²) in [5.74, 6) is 0.988. The van der Waals surface area contributed by atoms with Crippen LogP contribution in [-0.4, -0.2) is 23.8 Å². The van der Waals surface area contributed by atoms with E-state index in [1.54, 1.807) is 17.8 Å². The average Bonchev–Trinajstić information content (AvgIpc) is 3.19. The van der Waals surface area contributed by atoms with Crippen LogP contribution in [0.25, 0.3) is 5.69 Å². The van der Waals surface area contributed by atoms with Gasteiger partial charge in [-0.1, -0.05) is 23.7 Å². The summed E-state index contributed by atoms with van der Waals surface area (Å²) < 4.78 is 13.0. The maximum Gasteiger partial charge on any atom is 0.257 e. The minimum Gasteiger partial charge on any atom is -0.454 e. The van der Waals surface area contributed by atoms with Crippen LogP contribution < -0.4 is 20.2 Å². The molecule has 0 spiro atoms. The van der Waals surface area contributed by atoms with Crippen LogP contribution in [0.3, 0.4) is 0 Å². The monoisotopic (exact) mass is 480 g/mol. The summed E-state index contributed by atoms with van der Waals surface area (Å²) in [6.45, 7) is 5.99. The lowest BCUT2D eigenvalue weighted by molar-refractivity contribution is 0.0955. The molecule has 2 aromatic carbocycles. The van der Waals surface area contributed by atoms with E-state index in [0.717, 1.165) is 21.8 Å². The number of aromatic nitrogens is 1. The summed E-state index contributed by atoms with van der Waals surface area (Å²) in [6, 6.07) is 13.0. The van der Waals surface area contributed by atoms with Crippen molar-refractivity contribution in [1.82, 2.24) is 9.88 Å². The number of carbonyl (C=O) groups is 1. The van der Waals surface area contributed by atoms with Crippen molar-refractivity contribution in [3.63, 3.8) is 0 Å². The van der Waals surface area contributed by atoms with Crippen molar-refractivity contribution < 1.29 is 14.3 Å². The number of pyridine rings is 1. The van der Waals surface area contributed by atoms with Crippen molar-refractivity contribution in [2.75, 3.05) is 13.3 Å². The third-order valence-corrected chi connectivity index (χ3v) is 7.25. The van der Waals surface area contributed by atoms with E-state index in [0.29, 0.717) is 28.6 Å². The molecule has 33 heavy (non-hydrogen) atoms. The maximum atomic E-state index is 13.0. The lowest BCUT2D eigenvalue weighted by Gasteiger charge is -2.20. The molecule has 1 amide bonds. The molecule has 0 aliphatic carbocycles. The zero-order valence-corrected chi connectivity index (χ0v) is 19.5. The Morgan fingerprint density at radius 2 is 2.06 bits per heavy atom. The fourth-order valence-electron chi connectivity index (χ4n) is 4.26. The fraction of sp³-hybridized carbons (Fsp3) is 0.200. The Kier molecular flexibility index (Phi) is 5.68. The maximum absolute atomic E-state index is 13.0. The smallest absolute Gasteiger partial charge is 0.257 e. The SMILES string of the molecule is C=CCNC(=O)c1c2n(c(C)cc1=O)-c1ccc(Cl)cc1SC(c1ccc3c(c1)OCO3)C2. The highest BCUT2D eigenvalue weighted by Gasteiger charge is 2.30. The first-order valence-electron chi connectivity index (χ1n) is 10.5. The molecule has 0 saturated carbocycles. The van der Waals surface area contributed by atoms with Crippen molar-refractivity contribution >= 4 is 29.3 Å². The Morgan fingerprint density at radius 3 is 2.88 bits per heavy atom. The van der Waals surface area contributed by atoms with Crippen LogP contribution in [-0.2, 0) is 6.42 Å². The molecule has 3 aromatic rings. The van der Waals surface area contributed by atoms with E-state index >= 15 is 0 Å². The van der Waals surface area contributed by atoms with Gasteiger partial charge in [-0.15, -0.1) is 18.3 Å². The first-order chi connectivity index (χ1) is 16.0. The van der Waals surface area contributed by atoms with Crippen LogP contribution in [0.5, 0.6) is 11.5 Å². The third-order valence-electron chi connectivity index (χ3n) is 5.71. The van der Waals surface area contributed by atoms with Gasteiger partial charge in [-0.25, -0.2) is 0 Å². The van der Waals surface area contributed by atoms with Gasteiger partial charge in [0.05, 0.1) is 5.69 Å². The number of nitrogens with zero attached hydrogens (tertiary/aromatic N) is 1. The van der Waals surface area contributed by atoms with Gasteiger partial charge in [-0.05, 0) is 42.8 Å². The van der Waals surface area contributed by atoms with Crippen molar-refractivity contribution in [1.29, 1.82) is 0 Å². The molecule has 2 aliphatic heterocycles. The summed E-state index contributed by atoms with van der Waals surface area (Å²) in [5, 5.41) is 3.30. The minimum atomic E-state index is -0.407. The number of aryl methyl sites for hydroxylation is 1. The van der Waals surface area contributed by atoms with Gasteiger partial charge in [0.15, 0.2) is 16.9 Å². The summed E-state index contributed by atoms with van der Waals surface area (Å²) in [5.41, 5.74) is 3.17. The van der Waals surface area contributed by atoms with Crippen LogP contribution >= 0.6 is 23.4 Å². The van der Waals surface area contributed by atoms with Crippen molar-refractivity contribution in [2.45, 2.75) is 23.5 Å². The number of carbonyl (C=O) groups excluding carboxylic acids is 1. The first-order valence-corrected chi connectivity index (χ1v) is 11.7. The average molecular weight is 481 g/mol. The van der Waals surface area contributed by atoms with E-state index < -0.39 is 5.91 Å². The molecule has 1 atom stereocenters. The second kappa shape index (κ2) is 8.65. The van der Waals surface area contributed by atoms with Gasteiger partial charge < -0.3 is 19.4 Å². The van der Waals surface area contributed by atoms with Gasteiger partial charge in [0.1, 0.15) is 5.56 Å². The highest BCUT2D eigenvalue weighted by Crippen LogP contribution is 2.47. The summed E-state index contributed by atoms with van der Waals surface area (Å²) in [4.78, 5) is 27.0. The van der Waals surface area contributed by atoms with E-state index in [2.05, 4.69) is 11.9 Å². The molecular weight excluding hydrogens is 460 g/mol. The number of benzene rings is 2. The predicted octanol–water partition coefficient (Wildman–Crippen LogP) is 4.83. The lowest BCUT2D eigenvalue weighted by Crippen LogP contribution is -2.32. The number of rotatable bonds is 4. The predicted molar refractivity (Wildman–Crippen MR) is 129 cm³/mol. The topological polar surface area (TPSA) is 69.6 Å². The van der Waals surface area contributed by atoms with Crippen molar-refractivity contribution in [3.05, 3.63) is 92.9 Å². The summed E-state index contributed by atoms with van der Waals surface area (Å²) in [6.07, 6.45) is 2.05. The van der Waals surface area contributed by atoms with Crippen molar-refractivity contribution in [3.8, 4) is 17.2 Å². The van der Waals surface area contributed by atoms with E-state index in [9.17, 15) is 9.59 Å². The Labute approximate surface area is 200 Å². The number of ether oxygens (including phenoxy) is 2. The molecule has 2 aliphatic rings. The highest BCUT2D eigenvalue weighted by molar-refractivity contribution is 7.99. The zero-order valence-electron chi connectivity index (χ0n) is 17.9. The van der Waals surface area contributed by atoms with E-state index in [4.69, 9.17) is 21.1 Å². The molecular formula is C25H21ClN2O4S. The van der Waals surface area contributed by atoms with Crippen LogP contribution in [0, 0.1) is 6.92 Å². The molecule has 6 nitrogen and oxygen atoms in total. The number of hydrogen-bond donors (Lipinski definition) is 1. The summed E-state index contributed by atoms with van der Waals surface area (Å²) in [7, 11) is 0. The van der Waals surface area contributed by atoms with Gasteiger partial charge >= 0.3 is 0 Å². The number of halogens is 1. The molecule has 0 bridgehead atoms. The number of thioether (sulfide) groups is 1. The zero-order chi connectivity index (χ0) is 23.1. The molecule has 0 fully saturated rings. The van der Waals surface area contributed by atoms with E-state index in [1.165, 1.54) is 6.07 Å². The molecule has 8 heteroatoms. The molecule has 168 valence electrons. The molecule has 1 unspecified atom stereocenters. The molecule has 0 saturated heterocycles. The van der Waals surface area contributed by atoms with Gasteiger partial charge in [-0.2, -0.15) is 0 Å². The van der Waals surface area contributed by atoms with E-state index in [1.807, 2.05) is 47.9 Å². The quantitative estimate of drug-likeness (QED) is 0.541. The molecule has 3 heterocycles. The van der Waals surface area contributed by atoms with Gasteiger partial charge in [-0.3, -0.25) is 9.59 Å². The van der Waals surface area contributed by atoms with Gasteiger partial charge in [0, 0.05) is 45.6 Å². The van der Waals surface area contributed by atoms with Crippen LogP contribution in [0.15, 0.2) is 64.8 Å². The molecule has 5 rings (SSSR count). The third kappa shape index (κ3) is 3.92. The highest BCUT2D eigenvalue weighted by atomic mass is 35.5. The van der Waals surface area contributed by atoms with Crippen LogP contribution in [0.1, 0.15) is 32.6 Å². The lowest BCUT2D eigenvalue weighted by atomic mass is 10.0. The van der Waals surface area contributed by atoms with Crippen LogP contribution in [0.2, 0.25) is 5.02 Å². The normalized spacial score (nSPS) is 15.9. The van der Waals surface area contributed by atoms with E-state index in [-0.39, 0.29) is 29.6 Å². The second-order valence-electron chi connectivity index (χ2n) is 7.84. The first kappa shape index (κ1) is 21.7. The Bertz CT molecular complexity index is 1350. The Morgan fingerprint density at radius 1 is 1.24 bits per heavy atom. The minimum absolute atomic E-state index is 0.0855. The molecule has 1 aromatic heterocycles. The fourth-order valence-corrected chi connectivity index (χ4v) is 5.80. The number of hydrogen-bond acceptors (Lipinski definition) is 5. The molecule has 1 N–H and O–H groups in total. The van der Waals surface area contributed by atoms with Gasteiger partial charge in [0.25, 0.3) is 5.91 Å². The largest absolute Gasteiger partial charge is 0.454 e. The Hall–Kier alpha value is -3.16. The standard InChI is InChI=1S/C25H21ClN2O4S/c1-3-8-27-25(30)24-18-12-22(15-4-7-20-21(10-15)32-13-31-20)33-23-11-16(26)5-6-17(23)28(18)14(2)9-19(24)29/h3-7,9-11,22H,1,8,12-13H2,2H3,(H,27,30).